The zero-order chi connectivity index (χ0) is 92.8. The Morgan fingerprint density at radius 1 is 0.121 bits per heavy atom. The highest BCUT2D eigenvalue weighted by molar-refractivity contribution is 6.15. The molecule has 0 bridgehead atoms. The average molecular weight is 1790 g/mol. The van der Waals surface area contributed by atoms with Gasteiger partial charge in [-0.2, -0.15) is 0 Å². The van der Waals surface area contributed by atoms with Crippen molar-refractivity contribution in [3.8, 4) is 78.1 Å². The van der Waals surface area contributed by atoms with Crippen molar-refractivity contribution in [1.29, 1.82) is 0 Å². The third kappa shape index (κ3) is 15.8. The van der Waals surface area contributed by atoms with Crippen LogP contribution < -0.4 is 19.6 Å². The predicted octanol–water partition coefficient (Wildman–Crippen LogP) is 37.2. The summed E-state index contributed by atoms with van der Waals surface area (Å²) in [6, 6.07) is 196. The Morgan fingerprint density at radius 2 is 0.314 bits per heavy atom. The van der Waals surface area contributed by atoms with Gasteiger partial charge in [0, 0.05) is 123 Å². The van der Waals surface area contributed by atoms with Crippen LogP contribution in [-0.4, -0.2) is 9.13 Å². The van der Waals surface area contributed by atoms with E-state index in [0.29, 0.717) is 0 Å². The van der Waals surface area contributed by atoms with E-state index in [1.54, 1.807) is 0 Å². The lowest BCUT2D eigenvalue weighted by Crippen LogP contribution is -2.10. The number of furan rings is 2. The molecular formula is C132H90N6O2. The number of aromatic nitrogens is 2. The summed E-state index contributed by atoms with van der Waals surface area (Å²) in [5.74, 6) is 0. The first-order chi connectivity index (χ1) is 69.4. The van der Waals surface area contributed by atoms with Gasteiger partial charge in [0.1, 0.15) is 22.3 Å². The van der Waals surface area contributed by atoms with Crippen LogP contribution in [0, 0.1) is 0 Å². The van der Waals surface area contributed by atoms with E-state index in [1.165, 1.54) is 55.3 Å². The van der Waals surface area contributed by atoms with E-state index in [9.17, 15) is 0 Å². The zero-order valence-electron chi connectivity index (χ0n) is 76.5. The van der Waals surface area contributed by atoms with Crippen LogP contribution in [0.3, 0.4) is 0 Å². The van der Waals surface area contributed by atoms with Crippen molar-refractivity contribution >= 4 is 156 Å². The van der Waals surface area contributed by atoms with Crippen molar-refractivity contribution in [1.82, 2.24) is 9.13 Å². The maximum Gasteiger partial charge on any atom is 0.135 e. The SMILES string of the molecule is c1ccc(-c2ccc(N(c3ccc(-c4ccccc4)cc3)c3ccc4c(c3)c3cc(N(c5ccc(-c6ccccc6)cc5)c5ccc(-c6ccccc6)cc5)ccc3n4-c3ccc4oc5ccccc5c4c3)cc2)cc1.c1ccc(N(c2ccccc2)c2ccc(-c3ccc4c(c3)c3cc(-c5ccc(N(c6ccccc6)c6ccccc6)cc5)ccc3n4-c3ccc4oc5ccccc5c4c3)cc2)cc1. The first-order valence-corrected chi connectivity index (χ1v) is 47.6. The van der Waals surface area contributed by atoms with Crippen LogP contribution in [0.1, 0.15) is 0 Å². The number of rotatable bonds is 20. The van der Waals surface area contributed by atoms with Crippen LogP contribution in [0.25, 0.3) is 166 Å². The molecular weight excluding hydrogens is 1700 g/mol. The zero-order valence-corrected chi connectivity index (χ0v) is 76.5. The minimum absolute atomic E-state index is 0.870. The van der Waals surface area contributed by atoms with E-state index in [1.807, 2.05) is 24.3 Å². The highest BCUT2D eigenvalue weighted by atomic mass is 16.3. The average Bonchev–Trinajstić information content (AvgIpc) is 1.58. The Hall–Kier alpha value is -18.8. The lowest BCUT2D eigenvalue weighted by atomic mass is 9.99. The van der Waals surface area contributed by atoms with Crippen LogP contribution in [0.5, 0.6) is 0 Å². The number of nitrogens with zero attached hydrogens (tertiary/aromatic N) is 6. The fourth-order valence-electron chi connectivity index (χ4n) is 20.4. The number of benzene rings is 22. The summed E-state index contributed by atoms with van der Waals surface area (Å²) in [7, 11) is 0. The Morgan fingerprint density at radius 3 is 0.593 bits per heavy atom. The monoisotopic (exact) mass is 1790 g/mol. The molecule has 0 atom stereocenters. The Bertz CT molecular complexity index is 8310. The lowest BCUT2D eigenvalue weighted by Gasteiger charge is -2.26. The molecule has 0 N–H and O–H groups in total. The molecule has 0 spiro atoms. The van der Waals surface area contributed by atoms with Gasteiger partial charge in [0.05, 0.1) is 22.1 Å². The fraction of sp³-hybridized carbons (Fsp3) is 0. The molecule has 26 rings (SSSR count). The molecule has 26 aromatic rings. The van der Waals surface area contributed by atoms with Crippen molar-refractivity contribution in [3.63, 3.8) is 0 Å². The van der Waals surface area contributed by atoms with Crippen LogP contribution >= 0.6 is 0 Å². The number of fused-ring (bicyclic) bond motifs is 12. The molecule has 0 amide bonds. The first kappa shape index (κ1) is 83.1. The molecule has 0 unspecified atom stereocenters. The number of para-hydroxylation sites is 6. The lowest BCUT2D eigenvalue weighted by molar-refractivity contribution is 0.668. The van der Waals surface area contributed by atoms with Crippen molar-refractivity contribution < 1.29 is 8.83 Å². The summed E-state index contributed by atoms with van der Waals surface area (Å²) >= 11 is 0. The number of hydrogen-bond donors (Lipinski definition) is 0. The predicted molar refractivity (Wildman–Crippen MR) is 587 cm³/mol. The van der Waals surface area contributed by atoms with Gasteiger partial charge in [0.25, 0.3) is 0 Å². The summed E-state index contributed by atoms with van der Waals surface area (Å²) in [6.45, 7) is 0. The summed E-state index contributed by atoms with van der Waals surface area (Å²) in [5, 5.41) is 9.08. The smallest absolute Gasteiger partial charge is 0.135 e. The molecule has 0 aliphatic rings. The maximum absolute atomic E-state index is 6.36. The molecule has 140 heavy (non-hydrogen) atoms. The molecule has 0 saturated heterocycles. The minimum atomic E-state index is 0.870. The van der Waals surface area contributed by atoms with Crippen LogP contribution in [-0.2, 0) is 0 Å². The van der Waals surface area contributed by atoms with E-state index >= 15 is 0 Å². The van der Waals surface area contributed by atoms with E-state index in [4.69, 9.17) is 8.83 Å². The van der Waals surface area contributed by atoms with Gasteiger partial charge < -0.3 is 37.6 Å². The molecule has 0 aliphatic heterocycles. The van der Waals surface area contributed by atoms with Gasteiger partial charge in [-0.15, -0.1) is 0 Å². The van der Waals surface area contributed by atoms with Crippen LogP contribution in [0.2, 0.25) is 0 Å². The highest BCUT2D eigenvalue weighted by Crippen LogP contribution is 2.48. The second-order valence-corrected chi connectivity index (χ2v) is 35.5. The highest BCUT2D eigenvalue weighted by Gasteiger charge is 2.25. The van der Waals surface area contributed by atoms with Gasteiger partial charge in [-0.25, -0.2) is 0 Å². The van der Waals surface area contributed by atoms with Crippen molar-refractivity contribution in [2.75, 3.05) is 19.6 Å². The normalized spacial score (nSPS) is 11.4. The van der Waals surface area contributed by atoms with Crippen molar-refractivity contribution in [2.45, 2.75) is 0 Å². The molecule has 0 fully saturated rings. The molecule has 0 saturated carbocycles. The van der Waals surface area contributed by atoms with Crippen molar-refractivity contribution in [3.05, 3.63) is 546 Å². The van der Waals surface area contributed by atoms with E-state index in [-0.39, 0.29) is 0 Å². The van der Waals surface area contributed by atoms with Crippen LogP contribution in [0.15, 0.2) is 555 Å². The Kier molecular flexibility index (Phi) is 21.5. The second kappa shape index (κ2) is 36.2. The fourth-order valence-corrected chi connectivity index (χ4v) is 20.4. The standard InChI is InChI=1S/C72H49N3O.C60H41N3O/c1-5-15-50(16-6-1)54-25-33-58(34-26-54)73(59-35-27-55(28-36-59)51-17-7-2-8-18-51)62-41-44-69-66(47-62)67-48-63(42-45-70(67)75(69)64-43-46-72-68(49-64)65-23-13-14-24-71(65)76-72)74(60-37-29-56(30-38-60)52-19-9-3-10-20-52)61-39-31-57(32-40-61)53-21-11-4-12-22-53;1-5-15-46(16-6-1)61(47-17-7-2-8-18-47)50-31-25-42(26-32-50)44-29-36-57-54(39-44)55-40-45(30-37-58(55)63(57)52-35-38-60-56(41-52)53-23-13-14-24-59(53)64-60)43-27-33-51(34-28-43)62(48-19-9-3-10-20-48)49-21-11-4-12-22-49/h1-49H;1-41H. The summed E-state index contributed by atoms with van der Waals surface area (Å²) < 4.78 is 17.4. The van der Waals surface area contributed by atoms with Crippen LogP contribution in [0.4, 0.5) is 68.2 Å². The van der Waals surface area contributed by atoms with Gasteiger partial charge in [-0.05, 0) is 297 Å². The third-order valence-corrected chi connectivity index (χ3v) is 27.2. The topological polar surface area (TPSA) is 49.1 Å². The number of anilines is 12. The molecule has 4 aromatic heterocycles. The summed E-state index contributed by atoms with van der Waals surface area (Å²) in [5.41, 5.74) is 37.3. The molecule has 0 radical (unpaired) electrons. The molecule has 0 aliphatic carbocycles. The molecule has 22 aromatic carbocycles. The quantitative estimate of drug-likeness (QED) is 0.0758. The molecule has 8 nitrogen and oxygen atoms in total. The van der Waals surface area contributed by atoms with E-state index in [0.717, 1.165) is 179 Å². The first-order valence-electron chi connectivity index (χ1n) is 47.6. The summed E-state index contributed by atoms with van der Waals surface area (Å²) in [4.78, 5) is 9.37. The molecule has 8 heteroatoms. The number of hydrogen-bond acceptors (Lipinski definition) is 6. The van der Waals surface area contributed by atoms with Gasteiger partial charge in [-0.1, -0.05) is 315 Å². The Balaban J connectivity index is 0.000000150. The van der Waals surface area contributed by atoms with Gasteiger partial charge in [-0.3, -0.25) is 0 Å². The maximum atomic E-state index is 6.36. The van der Waals surface area contributed by atoms with Crippen molar-refractivity contribution in [2.24, 2.45) is 0 Å². The van der Waals surface area contributed by atoms with E-state index in [2.05, 4.69) is 550 Å². The van der Waals surface area contributed by atoms with Gasteiger partial charge in [0.15, 0.2) is 0 Å². The molecule has 660 valence electrons. The third-order valence-electron chi connectivity index (χ3n) is 27.2. The largest absolute Gasteiger partial charge is 0.456 e. The minimum Gasteiger partial charge on any atom is -0.456 e. The van der Waals surface area contributed by atoms with Gasteiger partial charge in [0.2, 0.25) is 0 Å². The van der Waals surface area contributed by atoms with E-state index < -0.39 is 0 Å². The summed E-state index contributed by atoms with van der Waals surface area (Å²) in [6.07, 6.45) is 0. The second-order valence-electron chi connectivity index (χ2n) is 35.5. The van der Waals surface area contributed by atoms with Gasteiger partial charge >= 0.3 is 0 Å². The molecule has 4 heterocycles. The Labute approximate surface area is 811 Å².